The van der Waals surface area contributed by atoms with Crippen LogP contribution in [0.15, 0.2) is 113 Å². The highest BCUT2D eigenvalue weighted by Gasteiger charge is 2.43. The van der Waals surface area contributed by atoms with Crippen LogP contribution in [0.4, 0.5) is 0 Å². The van der Waals surface area contributed by atoms with Gasteiger partial charge in [-0.2, -0.15) is 0 Å². The smallest absolute Gasteiger partial charge is 0.163 e. The molecule has 0 heterocycles. The molecule has 0 spiro atoms. The molecule has 1 aliphatic carbocycles. The molecule has 0 aromatic heterocycles. The normalized spacial score (nSPS) is 21.1. The number of hydrogen-bond donors (Lipinski definition) is 2. The fraction of sp³-hybridized carbons (Fsp3) is 0.359. The van der Waals surface area contributed by atoms with Gasteiger partial charge in [-0.1, -0.05) is 116 Å². The highest BCUT2D eigenvalue weighted by atomic mass is 16.3. The largest absolute Gasteiger partial charge is 0.508 e. The molecule has 2 unspecified atom stereocenters. The van der Waals surface area contributed by atoms with Gasteiger partial charge in [-0.15, -0.1) is 0 Å². The molecular weight excluding hydrogens is 516 g/mol. The molecular formula is C39H50O3. The summed E-state index contributed by atoms with van der Waals surface area (Å²) in [6.07, 6.45) is 26.2. The van der Waals surface area contributed by atoms with E-state index in [1.54, 1.807) is 13.0 Å². The first-order chi connectivity index (χ1) is 19.7. The van der Waals surface area contributed by atoms with Gasteiger partial charge >= 0.3 is 0 Å². The van der Waals surface area contributed by atoms with Gasteiger partial charge in [0.2, 0.25) is 0 Å². The Bertz CT molecular complexity index is 1400. The Balaban J connectivity index is 1.90. The minimum absolute atomic E-state index is 0.0328. The van der Waals surface area contributed by atoms with Gasteiger partial charge < -0.3 is 10.2 Å². The van der Waals surface area contributed by atoms with Crippen LogP contribution in [-0.2, 0) is 4.79 Å². The molecule has 0 saturated heterocycles. The fourth-order valence-corrected chi connectivity index (χ4v) is 5.02. The number of benzene rings is 1. The van der Waals surface area contributed by atoms with Crippen LogP contribution in [0.3, 0.4) is 0 Å². The van der Waals surface area contributed by atoms with Gasteiger partial charge in [0.15, 0.2) is 5.78 Å². The molecule has 0 bridgehead atoms. The van der Waals surface area contributed by atoms with Crippen LogP contribution in [0.25, 0.3) is 6.08 Å². The van der Waals surface area contributed by atoms with E-state index in [1.165, 1.54) is 33.9 Å². The highest BCUT2D eigenvalue weighted by Crippen LogP contribution is 2.43. The van der Waals surface area contributed by atoms with Crippen LogP contribution in [0.2, 0.25) is 0 Å². The number of aliphatic hydroxyl groups is 2. The lowest BCUT2D eigenvalue weighted by Gasteiger charge is -2.24. The van der Waals surface area contributed by atoms with Gasteiger partial charge in [0, 0.05) is 12.0 Å². The number of carbonyl (C=O) groups is 1. The number of rotatable bonds is 11. The van der Waals surface area contributed by atoms with Crippen molar-refractivity contribution in [3.63, 3.8) is 0 Å². The molecule has 1 aromatic rings. The number of ketones is 1. The van der Waals surface area contributed by atoms with E-state index in [0.717, 1.165) is 11.1 Å². The number of hydrogen-bond acceptors (Lipinski definition) is 3. The summed E-state index contributed by atoms with van der Waals surface area (Å²) in [6, 6.07) is 4.35. The average Bonchev–Trinajstić information content (AvgIpc) is 3.20. The summed E-state index contributed by atoms with van der Waals surface area (Å²) in [5.41, 5.74) is 9.01. The van der Waals surface area contributed by atoms with E-state index in [4.69, 9.17) is 0 Å². The number of aryl methyl sites for hydroxylation is 1. The summed E-state index contributed by atoms with van der Waals surface area (Å²) in [4.78, 5) is 12.7. The lowest BCUT2D eigenvalue weighted by molar-refractivity contribution is -0.120. The highest BCUT2D eigenvalue weighted by molar-refractivity contribution is 5.93. The quantitative estimate of drug-likeness (QED) is 0.159. The average molecular weight is 567 g/mol. The molecule has 2 atom stereocenters. The summed E-state index contributed by atoms with van der Waals surface area (Å²) >= 11 is 0. The molecule has 0 aliphatic heterocycles. The van der Waals surface area contributed by atoms with Gasteiger partial charge in [-0.25, -0.2) is 0 Å². The molecule has 3 nitrogen and oxygen atoms in total. The van der Waals surface area contributed by atoms with Crippen molar-refractivity contribution in [2.75, 3.05) is 0 Å². The van der Waals surface area contributed by atoms with Crippen LogP contribution in [0.1, 0.15) is 76.6 Å². The summed E-state index contributed by atoms with van der Waals surface area (Å²) in [7, 11) is 0. The molecule has 2 rings (SSSR count). The van der Waals surface area contributed by atoms with Crippen molar-refractivity contribution in [3.8, 4) is 0 Å². The van der Waals surface area contributed by atoms with E-state index in [-0.39, 0.29) is 22.9 Å². The molecule has 1 aromatic carbocycles. The zero-order valence-electron chi connectivity index (χ0n) is 27.0. The minimum atomic E-state index is -0.457. The minimum Gasteiger partial charge on any atom is -0.508 e. The Morgan fingerprint density at radius 2 is 1.36 bits per heavy atom. The molecule has 1 aliphatic rings. The van der Waals surface area contributed by atoms with Crippen molar-refractivity contribution < 1.29 is 15.0 Å². The third-order valence-corrected chi connectivity index (χ3v) is 8.12. The van der Waals surface area contributed by atoms with Crippen molar-refractivity contribution in [3.05, 3.63) is 135 Å². The molecule has 1 fully saturated rings. The first-order valence-electron chi connectivity index (χ1n) is 14.8. The van der Waals surface area contributed by atoms with Gasteiger partial charge in [0.1, 0.15) is 5.76 Å². The van der Waals surface area contributed by atoms with Crippen LogP contribution in [0, 0.1) is 32.1 Å². The Hall–Kier alpha value is -3.69. The van der Waals surface area contributed by atoms with Crippen molar-refractivity contribution in [2.45, 2.75) is 81.3 Å². The van der Waals surface area contributed by atoms with Gasteiger partial charge in [0.25, 0.3) is 0 Å². The molecule has 42 heavy (non-hydrogen) atoms. The second-order valence-corrected chi connectivity index (χ2v) is 12.3. The third kappa shape index (κ3) is 10.9. The molecule has 2 N–H and O–H groups in total. The zero-order valence-corrected chi connectivity index (χ0v) is 27.0. The van der Waals surface area contributed by atoms with E-state index in [9.17, 15) is 15.0 Å². The van der Waals surface area contributed by atoms with Gasteiger partial charge in [-0.05, 0) is 94.5 Å². The molecule has 224 valence electrons. The van der Waals surface area contributed by atoms with Crippen molar-refractivity contribution in [2.24, 2.45) is 11.3 Å². The SMILES string of the molecule is CC(C=CC=C(C)C=Cc1ccc(C)c(C)c1C)=CC=CC=C(C)C=CC=C(C)C(O)=CC(=O)C1CC(O)CC1(C)C. The number of carbonyl (C=O) groups excluding carboxylic acids is 1. The van der Waals surface area contributed by atoms with E-state index in [0.29, 0.717) is 18.4 Å². The number of aliphatic hydroxyl groups excluding tert-OH is 2. The van der Waals surface area contributed by atoms with Crippen molar-refractivity contribution >= 4 is 11.9 Å². The Kier molecular flexibility index (Phi) is 13.2. The Labute approximate surface area is 254 Å². The second kappa shape index (κ2) is 16.1. The lowest BCUT2D eigenvalue weighted by atomic mass is 9.79. The summed E-state index contributed by atoms with van der Waals surface area (Å²) in [5, 5.41) is 20.3. The summed E-state index contributed by atoms with van der Waals surface area (Å²) < 4.78 is 0. The van der Waals surface area contributed by atoms with Crippen LogP contribution >= 0.6 is 0 Å². The Morgan fingerprint density at radius 1 is 0.810 bits per heavy atom. The van der Waals surface area contributed by atoms with Gasteiger partial charge in [-0.3, -0.25) is 4.79 Å². The van der Waals surface area contributed by atoms with E-state index in [2.05, 4.69) is 83.2 Å². The van der Waals surface area contributed by atoms with Crippen molar-refractivity contribution in [1.29, 1.82) is 0 Å². The molecule has 3 heteroatoms. The zero-order chi connectivity index (χ0) is 31.4. The predicted molar refractivity (Wildman–Crippen MR) is 180 cm³/mol. The second-order valence-electron chi connectivity index (χ2n) is 12.3. The lowest BCUT2D eigenvalue weighted by Crippen LogP contribution is -2.24. The molecule has 0 amide bonds. The maximum Gasteiger partial charge on any atom is 0.163 e. The predicted octanol–water partition coefficient (Wildman–Crippen LogP) is 9.89. The summed E-state index contributed by atoms with van der Waals surface area (Å²) in [6.45, 7) is 18.4. The van der Waals surface area contributed by atoms with Crippen LogP contribution in [-0.4, -0.2) is 22.1 Å². The maximum atomic E-state index is 12.7. The van der Waals surface area contributed by atoms with E-state index < -0.39 is 6.10 Å². The van der Waals surface area contributed by atoms with Crippen LogP contribution < -0.4 is 0 Å². The standard InChI is InChI=1S/C39H50O3/c1-27(16-12-17-29(3)20-22-34-23-21-30(4)32(6)33(34)7)14-10-11-15-28(2)18-13-19-31(5)37(41)25-38(42)36-24-35(40)26-39(36,8)9/h10-23,25,35-36,40-41H,24,26H2,1-9H3. The first-order valence-corrected chi connectivity index (χ1v) is 14.8. The Morgan fingerprint density at radius 3 is 1.93 bits per heavy atom. The van der Waals surface area contributed by atoms with E-state index >= 15 is 0 Å². The third-order valence-electron chi connectivity index (χ3n) is 8.12. The molecule has 1 saturated carbocycles. The van der Waals surface area contributed by atoms with Crippen LogP contribution in [0.5, 0.6) is 0 Å². The summed E-state index contributed by atoms with van der Waals surface area (Å²) in [5.74, 6) is -0.435. The first kappa shape index (κ1) is 34.5. The fourth-order valence-electron chi connectivity index (χ4n) is 5.02. The van der Waals surface area contributed by atoms with Crippen molar-refractivity contribution in [1.82, 2.24) is 0 Å². The molecule has 0 radical (unpaired) electrons. The van der Waals surface area contributed by atoms with E-state index in [1.807, 2.05) is 51.2 Å². The monoisotopic (exact) mass is 566 g/mol. The number of allylic oxidation sites excluding steroid dienone is 16. The van der Waals surface area contributed by atoms with Gasteiger partial charge in [0.05, 0.1) is 6.10 Å². The topological polar surface area (TPSA) is 57.5 Å². The maximum absolute atomic E-state index is 12.7.